The number of aryl methyl sites for hydroxylation is 2. The predicted molar refractivity (Wildman–Crippen MR) is 152 cm³/mol. The first kappa shape index (κ1) is 26.5. The van der Waals surface area contributed by atoms with Gasteiger partial charge in [-0.05, 0) is 79.2 Å². The van der Waals surface area contributed by atoms with Gasteiger partial charge in [0.15, 0.2) is 8.32 Å². The van der Waals surface area contributed by atoms with E-state index in [1.807, 2.05) is 12.1 Å². The number of fused-ring (bicyclic) bond motifs is 3. The monoisotopic (exact) mass is 506 g/mol. The summed E-state index contributed by atoms with van der Waals surface area (Å²) in [6.07, 6.45) is 4.43. The van der Waals surface area contributed by atoms with Crippen LogP contribution in [0.25, 0.3) is 10.9 Å². The van der Waals surface area contributed by atoms with Gasteiger partial charge in [0.05, 0.1) is 27.4 Å². The molecular weight excluding hydrogens is 464 g/mol. The Bertz CT molecular complexity index is 1270. The van der Waals surface area contributed by atoms with E-state index >= 15 is 0 Å². The van der Waals surface area contributed by atoms with Crippen LogP contribution in [0, 0.1) is 0 Å². The van der Waals surface area contributed by atoms with Gasteiger partial charge in [0, 0.05) is 41.0 Å². The van der Waals surface area contributed by atoms with Crippen LogP contribution >= 0.6 is 0 Å². The van der Waals surface area contributed by atoms with Crippen molar-refractivity contribution in [2.75, 3.05) is 14.2 Å². The zero-order valence-electron chi connectivity index (χ0n) is 23.3. The predicted octanol–water partition coefficient (Wildman–Crippen LogP) is 7.43. The van der Waals surface area contributed by atoms with E-state index in [0.717, 1.165) is 36.3 Å². The Kier molecular flexibility index (Phi) is 7.67. The Morgan fingerprint density at radius 2 is 1.72 bits per heavy atom. The molecule has 3 aromatic rings. The second-order valence-corrected chi connectivity index (χ2v) is 16.2. The number of aliphatic imine (C=N–C) groups is 1. The normalized spacial score (nSPS) is 15.7. The minimum atomic E-state index is -1.81. The second-order valence-electron chi connectivity index (χ2n) is 11.4. The molecule has 0 atom stereocenters. The quantitative estimate of drug-likeness (QED) is 0.247. The number of hydrogen-bond donors (Lipinski definition) is 0. The number of rotatable bonds is 7. The Morgan fingerprint density at radius 3 is 2.42 bits per heavy atom. The van der Waals surface area contributed by atoms with Gasteiger partial charge in [-0.2, -0.15) is 0 Å². The van der Waals surface area contributed by atoms with Crippen LogP contribution in [-0.2, 0) is 31.0 Å². The van der Waals surface area contributed by atoms with Crippen LogP contribution in [0.2, 0.25) is 18.1 Å². The number of hydrogen-bond acceptors (Lipinski definition) is 4. The maximum absolute atomic E-state index is 6.58. The third kappa shape index (κ3) is 5.25. The molecule has 0 spiro atoms. The summed E-state index contributed by atoms with van der Waals surface area (Å²) in [5, 5.41) is 1.55. The fourth-order valence-corrected chi connectivity index (χ4v) is 5.67. The van der Waals surface area contributed by atoms with Gasteiger partial charge in [-0.25, -0.2) is 0 Å². The molecule has 0 unspecified atom stereocenters. The molecule has 0 saturated carbocycles. The van der Waals surface area contributed by atoms with Gasteiger partial charge in [0.25, 0.3) is 0 Å². The third-order valence-corrected chi connectivity index (χ3v) is 12.6. The SMILES string of the molecule is COc1ccc(CN=C2CCCCc3c2ccc2c3cc(CO[Si](C)(C)C(C)(C)C)n2C)c(OC)c1. The first-order chi connectivity index (χ1) is 17.1. The summed E-state index contributed by atoms with van der Waals surface area (Å²) in [5.74, 6) is 1.61. The summed E-state index contributed by atoms with van der Waals surface area (Å²) in [4.78, 5) is 5.12. The topological polar surface area (TPSA) is 45.0 Å². The number of nitrogens with zero attached hydrogens (tertiary/aromatic N) is 2. The maximum atomic E-state index is 6.58. The summed E-state index contributed by atoms with van der Waals surface area (Å²) in [6.45, 7) is 12.8. The number of aromatic nitrogens is 1. The summed E-state index contributed by atoms with van der Waals surface area (Å²) >= 11 is 0. The average molecular weight is 507 g/mol. The third-order valence-electron chi connectivity index (χ3n) is 8.16. The van der Waals surface area contributed by atoms with Crippen molar-refractivity contribution >= 4 is 24.9 Å². The highest BCUT2D eigenvalue weighted by atomic mass is 28.4. The van der Waals surface area contributed by atoms with Crippen LogP contribution in [0.3, 0.4) is 0 Å². The smallest absolute Gasteiger partial charge is 0.192 e. The molecule has 194 valence electrons. The molecule has 0 saturated heterocycles. The van der Waals surface area contributed by atoms with Crippen molar-refractivity contribution in [1.29, 1.82) is 0 Å². The van der Waals surface area contributed by atoms with Gasteiger partial charge in [0.2, 0.25) is 0 Å². The Hall–Kier alpha value is -2.57. The summed E-state index contributed by atoms with van der Waals surface area (Å²) < 4.78 is 19.8. The van der Waals surface area contributed by atoms with Gasteiger partial charge >= 0.3 is 0 Å². The molecule has 1 heterocycles. The minimum Gasteiger partial charge on any atom is -0.497 e. The molecule has 0 aliphatic heterocycles. The van der Waals surface area contributed by atoms with E-state index < -0.39 is 8.32 Å². The molecule has 1 aliphatic rings. The van der Waals surface area contributed by atoms with Crippen LogP contribution in [0.15, 0.2) is 41.4 Å². The Labute approximate surface area is 217 Å². The Morgan fingerprint density at radius 1 is 0.972 bits per heavy atom. The molecule has 0 N–H and O–H groups in total. The highest BCUT2D eigenvalue weighted by molar-refractivity contribution is 6.74. The van der Waals surface area contributed by atoms with Crippen LogP contribution < -0.4 is 9.47 Å². The van der Waals surface area contributed by atoms with Crippen molar-refractivity contribution in [2.45, 2.75) is 77.7 Å². The molecule has 6 heteroatoms. The summed E-state index contributed by atoms with van der Waals surface area (Å²) in [5.41, 5.74) is 7.52. The first-order valence-electron chi connectivity index (χ1n) is 13.0. The van der Waals surface area contributed by atoms with Crippen molar-refractivity contribution < 1.29 is 13.9 Å². The van der Waals surface area contributed by atoms with Gasteiger partial charge in [-0.15, -0.1) is 0 Å². The van der Waals surface area contributed by atoms with Crippen molar-refractivity contribution in [1.82, 2.24) is 4.57 Å². The summed E-state index contributed by atoms with van der Waals surface area (Å²) in [7, 11) is 3.73. The zero-order chi connectivity index (χ0) is 26.1. The van der Waals surface area contributed by atoms with Gasteiger partial charge < -0.3 is 18.5 Å². The van der Waals surface area contributed by atoms with E-state index in [2.05, 4.69) is 69.7 Å². The van der Waals surface area contributed by atoms with E-state index in [1.165, 1.54) is 39.9 Å². The molecule has 2 aromatic carbocycles. The van der Waals surface area contributed by atoms with Crippen molar-refractivity contribution in [2.24, 2.45) is 12.0 Å². The molecule has 1 aromatic heterocycles. The molecule has 4 rings (SSSR count). The molecule has 0 bridgehead atoms. The largest absolute Gasteiger partial charge is 0.497 e. The van der Waals surface area contributed by atoms with Crippen LogP contribution in [0.4, 0.5) is 0 Å². The number of benzene rings is 2. The van der Waals surface area contributed by atoms with E-state index in [4.69, 9.17) is 18.9 Å². The number of ether oxygens (including phenoxy) is 2. The molecule has 36 heavy (non-hydrogen) atoms. The molecule has 0 fully saturated rings. The Balaban J connectivity index is 1.67. The van der Waals surface area contributed by atoms with Crippen molar-refractivity contribution in [3.63, 3.8) is 0 Å². The molecule has 0 amide bonds. The molecule has 5 nitrogen and oxygen atoms in total. The first-order valence-corrected chi connectivity index (χ1v) is 16.0. The van der Waals surface area contributed by atoms with E-state index in [1.54, 1.807) is 14.2 Å². The highest BCUT2D eigenvalue weighted by Crippen LogP contribution is 2.38. The second kappa shape index (κ2) is 10.4. The lowest BCUT2D eigenvalue weighted by Gasteiger charge is -2.36. The van der Waals surface area contributed by atoms with E-state index in [-0.39, 0.29) is 5.04 Å². The minimum absolute atomic E-state index is 0.201. The lowest BCUT2D eigenvalue weighted by atomic mass is 9.97. The van der Waals surface area contributed by atoms with Crippen molar-refractivity contribution in [3.8, 4) is 11.5 Å². The zero-order valence-corrected chi connectivity index (χ0v) is 24.3. The van der Waals surface area contributed by atoms with Crippen LogP contribution in [0.5, 0.6) is 11.5 Å². The van der Waals surface area contributed by atoms with Crippen LogP contribution in [0.1, 0.15) is 62.4 Å². The van der Waals surface area contributed by atoms with E-state index in [0.29, 0.717) is 13.2 Å². The number of methoxy groups -OCH3 is 2. The summed E-state index contributed by atoms with van der Waals surface area (Å²) in [6, 6.07) is 12.9. The molecular formula is C30H42N2O3Si. The van der Waals surface area contributed by atoms with E-state index in [9.17, 15) is 0 Å². The lowest BCUT2D eigenvalue weighted by Crippen LogP contribution is -2.40. The standard InChI is InChI=1S/C30H42N2O3Si/c1-30(2,3)36(7,8)35-20-22-17-26-24-11-9-10-12-27(25(24)15-16-28(26)32(22)4)31-19-21-13-14-23(33-5)18-29(21)34-6/h13-18H,9-12,19-20H2,1-8H3. The van der Waals surface area contributed by atoms with Crippen LogP contribution in [-0.4, -0.2) is 32.8 Å². The van der Waals surface area contributed by atoms with Gasteiger partial charge in [-0.1, -0.05) is 26.8 Å². The maximum Gasteiger partial charge on any atom is 0.192 e. The lowest BCUT2D eigenvalue weighted by molar-refractivity contribution is 0.269. The molecule has 1 aliphatic carbocycles. The van der Waals surface area contributed by atoms with Gasteiger partial charge in [0.1, 0.15) is 11.5 Å². The highest BCUT2D eigenvalue weighted by Gasteiger charge is 2.37. The van der Waals surface area contributed by atoms with Crippen molar-refractivity contribution in [3.05, 3.63) is 58.8 Å². The fraction of sp³-hybridized carbons (Fsp3) is 0.500. The average Bonchev–Trinajstić information content (AvgIpc) is 3.02. The van der Waals surface area contributed by atoms with Gasteiger partial charge in [-0.3, -0.25) is 4.99 Å². The fourth-order valence-electron chi connectivity index (χ4n) is 4.73. The molecule has 0 radical (unpaired) electrons.